The van der Waals surface area contributed by atoms with Gasteiger partial charge in [-0.3, -0.25) is 9.20 Å². The van der Waals surface area contributed by atoms with Crippen LogP contribution in [0.1, 0.15) is 34.1 Å². The van der Waals surface area contributed by atoms with Gasteiger partial charge in [0.05, 0.1) is 5.56 Å². The van der Waals surface area contributed by atoms with Crippen LogP contribution in [0.4, 0.5) is 4.79 Å². The molecule has 8 nitrogen and oxygen atoms in total. The Hall–Kier alpha value is -3.42. The van der Waals surface area contributed by atoms with Gasteiger partial charge in [0.2, 0.25) is 0 Å². The molecule has 2 aromatic heterocycles. The van der Waals surface area contributed by atoms with Gasteiger partial charge in [0.25, 0.3) is 5.91 Å². The Morgan fingerprint density at radius 2 is 1.93 bits per heavy atom. The van der Waals surface area contributed by atoms with E-state index in [1.807, 2.05) is 39.6 Å². The van der Waals surface area contributed by atoms with Crippen LogP contribution < -0.4 is 5.32 Å². The Morgan fingerprint density at radius 3 is 2.69 bits per heavy atom. The van der Waals surface area contributed by atoms with Gasteiger partial charge >= 0.3 is 6.03 Å². The molecule has 0 saturated carbocycles. The maximum atomic E-state index is 12.6. The molecule has 1 aliphatic rings. The number of pyridine rings is 1. The summed E-state index contributed by atoms with van der Waals surface area (Å²) >= 11 is 0. The smallest absolute Gasteiger partial charge is 0.319 e. The first-order valence-electron chi connectivity index (χ1n) is 9.66. The predicted molar refractivity (Wildman–Crippen MR) is 109 cm³/mol. The van der Waals surface area contributed by atoms with Crippen LogP contribution in [0.25, 0.3) is 5.65 Å². The van der Waals surface area contributed by atoms with Gasteiger partial charge < -0.3 is 15.1 Å². The molecule has 3 amide bonds. The largest absolute Gasteiger partial charge is 0.348 e. The number of nitrogens with zero attached hydrogens (tertiary/aromatic N) is 5. The van der Waals surface area contributed by atoms with E-state index in [1.54, 1.807) is 37.3 Å². The highest BCUT2D eigenvalue weighted by Crippen LogP contribution is 2.27. The molecule has 0 unspecified atom stereocenters. The molecule has 1 fully saturated rings. The number of carbonyl (C=O) groups excluding carboxylic acids is 2. The molecule has 1 aliphatic heterocycles. The van der Waals surface area contributed by atoms with E-state index in [4.69, 9.17) is 0 Å². The lowest BCUT2D eigenvalue weighted by atomic mass is 10.1. The summed E-state index contributed by atoms with van der Waals surface area (Å²) in [6.07, 6.45) is 2.60. The quantitative estimate of drug-likeness (QED) is 0.737. The number of rotatable bonds is 4. The third-order valence-electron chi connectivity index (χ3n) is 5.19. The summed E-state index contributed by atoms with van der Waals surface area (Å²) in [6.45, 7) is 1.76. The average Bonchev–Trinajstić information content (AvgIpc) is 3.38. The highest BCUT2D eigenvalue weighted by molar-refractivity contribution is 5.94. The van der Waals surface area contributed by atoms with Crippen molar-refractivity contribution in [2.45, 2.75) is 18.9 Å². The van der Waals surface area contributed by atoms with Crippen molar-refractivity contribution in [1.82, 2.24) is 29.7 Å². The summed E-state index contributed by atoms with van der Waals surface area (Å²) in [5.41, 5.74) is 2.29. The van der Waals surface area contributed by atoms with Gasteiger partial charge in [0, 0.05) is 45.8 Å². The minimum atomic E-state index is -0.147. The van der Waals surface area contributed by atoms with Crippen molar-refractivity contribution >= 4 is 17.6 Å². The molecule has 3 aromatic rings. The molecule has 3 heterocycles. The van der Waals surface area contributed by atoms with E-state index in [1.165, 1.54) is 0 Å². The summed E-state index contributed by atoms with van der Waals surface area (Å²) in [4.78, 5) is 28.2. The maximum absolute atomic E-state index is 12.6. The van der Waals surface area contributed by atoms with E-state index in [9.17, 15) is 9.59 Å². The summed E-state index contributed by atoms with van der Waals surface area (Å²) in [6, 6.07) is 13.3. The zero-order valence-corrected chi connectivity index (χ0v) is 16.6. The minimum absolute atomic E-state index is 0.00213. The van der Waals surface area contributed by atoms with Crippen LogP contribution in [0, 0.1) is 0 Å². The molecule has 1 atom stereocenters. The number of aromatic nitrogens is 3. The van der Waals surface area contributed by atoms with Crippen molar-refractivity contribution < 1.29 is 9.59 Å². The molecule has 1 aromatic carbocycles. The fraction of sp³-hybridized carbons (Fsp3) is 0.333. The molecular weight excluding hydrogens is 368 g/mol. The van der Waals surface area contributed by atoms with Crippen LogP contribution in [0.3, 0.4) is 0 Å². The molecule has 0 spiro atoms. The van der Waals surface area contributed by atoms with E-state index in [0.717, 1.165) is 17.8 Å². The lowest BCUT2D eigenvalue weighted by molar-refractivity contribution is 0.0950. The van der Waals surface area contributed by atoms with E-state index in [2.05, 4.69) is 15.5 Å². The first kappa shape index (κ1) is 18.9. The number of carbonyl (C=O) groups is 2. The molecule has 4 rings (SSSR count). The topological polar surface area (TPSA) is 82.8 Å². The molecule has 29 heavy (non-hydrogen) atoms. The molecule has 8 heteroatoms. The van der Waals surface area contributed by atoms with Gasteiger partial charge in [-0.15, -0.1) is 10.2 Å². The Labute approximate surface area is 169 Å². The highest BCUT2D eigenvalue weighted by atomic mass is 16.2. The fourth-order valence-corrected chi connectivity index (χ4v) is 3.63. The first-order valence-corrected chi connectivity index (χ1v) is 9.66. The van der Waals surface area contributed by atoms with Crippen LogP contribution in [0.5, 0.6) is 0 Å². The van der Waals surface area contributed by atoms with Crippen LogP contribution in [-0.4, -0.2) is 63.5 Å². The zero-order valence-electron chi connectivity index (χ0n) is 16.6. The number of urea groups is 1. The third-order valence-corrected chi connectivity index (χ3v) is 5.19. The predicted octanol–water partition coefficient (Wildman–Crippen LogP) is 2.13. The SMILES string of the molecule is CN(C)C(=O)N1CC[C@H](c2nnc3ccc(C(=O)NCc4ccccc4)cn23)C1. The van der Waals surface area contributed by atoms with E-state index in [-0.39, 0.29) is 17.9 Å². The Morgan fingerprint density at radius 1 is 1.14 bits per heavy atom. The Bertz CT molecular complexity index is 1030. The number of hydrogen-bond acceptors (Lipinski definition) is 4. The van der Waals surface area contributed by atoms with E-state index >= 15 is 0 Å². The Balaban J connectivity index is 1.51. The van der Waals surface area contributed by atoms with E-state index in [0.29, 0.717) is 30.8 Å². The number of hydrogen-bond donors (Lipinski definition) is 1. The maximum Gasteiger partial charge on any atom is 0.319 e. The second kappa shape index (κ2) is 7.90. The second-order valence-corrected chi connectivity index (χ2v) is 7.48. The van der Waals surface area contributed by atoms with E-state index < -0.39 is 0 Å². The average molecular weight is 392 g/mol. The molecule has 1 N–H and O–H groups in total. The minimum Gasteiger partial charge on any atom is -0.348 e. The van der Waals surface area contributed by atoms with Crippen molar-refractivity contribution in [3.05, 3.63) is 65.6 Å². The van der Waals surface area contributed by atoms with Gasteiger partial charge in [-0.1, -0.05) is 30.3 Å². The molecule has 150 valence electrons. The number of benzene rings is 1. The molecular formula is C21H24N6O2. The number of fused-ring (bicyclic) bond motifs is 1. The standard InChI is InChI=1S/C21H24N6O2/c1-25(2)21(29)26-11-10-16(13-26)19-24-23-18-9-8-17(14-27(18)19)20(28)22-12-15-6-4-3-5-7-15/h3-9,14,16H,10-13H2,1-2H3,(H,22,28)/t16-/m0/s1. The first-order chi connectivity index (χ1) is 14.0. The Kier molecular flexibility index (Phi) is 5.16. The molecule has 0 radical (unpaired) electrons. The van der Waals surface area contributed by atoms with Gasteiger partial charge in [-0.25, -0.2) is 4.79 Å². The summed E-state index contributed by atoms with van der Waals surface area (Å²) in [7, 11) is 3.50. The second-order valence-electron chi connectivity index (χ2n) is 7.48. The van der Waals surface area contributed by atoms with Gasteiger partial charge in [0.15, 0.2) is 5.65 Å². The van der Waals surface area contributed by atoms with Crippen molar-refractivity contribution in [3.63, 3.8) is 0 Å². The highest BCUT2D eigenvalue weighted by Gasteiger charge is 2.31. The van der Waals surface area contributed by atoms with Crippen LogP contribution in [0.2, 0.25) is 0 Å². The van der Waals surface area contributed by atoms with Crippen molar-refractivity contribution in [1.29, 1.82) is 0 Å². The number of nitrogens with one attached hydrogen (secondary N) is 1. The van der Waals surface area contributed by atoms with Crippen LogP contribution in [-0.2, 0) is 6.54 Å². The summed E-state index contributed by atoms with van der Waals surface area (Å²) < 4.78 is 1.87. The lowest BCUT2D eigenvalue weighted by Crippen LogP contribution is -2.37. The number of amides is 3. The summed E-state index contributed by atoms with van der Waals surface area (Å²) in [5, 5.41) is 11.5. The monoisotopic (exact) mass is 392 g/mol. The number of likely N-dealkylation sites (tertiary alicyclic amines) is 1. The van der Waals surface area contributed by atoms with Crippen LogP contribution >= 0.6 is 0 Å². The van der Waals surface area contributed by atoms with Crippen molar-refractivity contribution in [2.24, 2.45) is 0 Å². The molecule has 1 saturated heterocycles. The fourth-order valence-electron chi connectivity index (χ4n) is 3.63. The molecule has 0 bridgehead atoms. The van der Waals surface area contributed by atoms with Gasteiger partial charge in [-0.05, 0) is 24.1 Å². The van der Waals surface area contributed by atoms with Crippen LogP contribution in [0.15, 0.2) is 48.7 Å². The summed E-state index contributed by atoms with van der Waals surface area (Å²) in [5.74, 6) is 0.731. The van der Waals surface area contributed by atoms with Gasteiger partial charge in [0.1, 0.15) is 5.82 Å². The third kappa shape index (κ3) is 3.91. The lowest BCUT2D eigenvalue weighted by Gasteiger charge is -2.21. The zero-order chi connectivity index (χ0) is 20.4. The molecule has 0 aliphatic carbocycles. The normalized spacial score (nSPS) is 16.2. The van der Waals surface area contributed by atoms with Gasteiger partial charge in [-0.2, -0.15) is 0 Å². The van der Waals surface area contributed by atoms with Crippen molar-refractivity contribution in [2.75, 3.05) is 27.2 Å². The van der Waals surface area contributed by atoms with Crippen molar-refractivity contribution in [3.8, 4) is 0 Å².